The lowest BCUT2D eigenvalue weighted by molar-refractivity contribution is 0.0827. The molecule has 0 aliphatic carbocycles. The highest BCUT2D eigenvalue weighted by Crippen LogP contribution is 2.25. The second-order valence-corrected chi connectivity index (χ2v) is 4.96. The maximum atomic E-state index is 11.9. The van der Waals surface area contributed by atoms with Gasteiger partial charge in [0, 0.05) is 38.8 Å². The molecule has 106 valence electrons. The number of furan rings is 1. The van der Waals surface area contributed by atoms with E-state index in [9.17, 15) is 4.79 Å². The molecule has 2 aromatic rings. The van der Waals surface area contributed by atoms with Gasteiger partial charge in [0.1, 0.15) is 0 Å². The average Bonchev–Trinajstić information content (AvgIpc) is 2.90. The first kappa shape index (κ1) is 14.0. The molecule has 5 heteroatoms. The Bertz CT molecular complexity index is 591. The standard InChI is InChI=1S/C15H19N3O2/c1-17(2)15(19)12-4-5-14(13(16)8-12)18(3)9-11-6-7-20-10-11/h4-8,10H,9,16H2,1-3H3. The molecule has 1 heterocycles. The Labute approximate surface area is 118 Å². The summed E-state index contributed by atoms with van der Waals surface area (Å²) in [5, 5.41) is 0. The largest absolute Gasteiger partial charge is 0.472 e. The first-order valence-electron chi connectivity index (χ1n) is 6.32. The Kier molecular flexibility index (Phi) is 3.98. The van der Waals surface area contributed by atoms with Crippen molar-refractivity contribution >= 4 is 17.3 Å². The lowest BCUT2D eigenvalue weighted by Gasteiger charge is -2.21. The number of hydrogen-bond donors (Lipinski definition) is 1. The van der Waals surface area contributed by atoms with Crippen molar-refractivity contribution in [2.75, 3.05) is 31.8 Å². The molecule has 0 aliphatic heterocycles. The number of hydrogen-bond acceptors (Lipinski definition) is 4. The molecular formula is C15H19N3O2. The molecule has 1 aromatic heterocycles. The van der Waals surface area contributed by atoms with E-state index >= 15 is 0 Å². The number of rotatable bonds is 4. The molecule has 0 aliphatic rings. The van der Waals surface area contributed by atoms with Crippen LogP contribution in [-0.4, -0.2) is 32.0 Å². The summed E-state index contributed by atoms with van der Waals surface area (Å²) in [5.41, 5.74) is 9.19. The van der Waals surface area contributed by atoms with Crippen LogP contribution in [0.5, 0.6) is 0 Å². The first-order chi connectivity index (χ1) is 9.49. The summed E-state index contributed by atoms with van der Waals surface area (Å²) in [6, 6.07) is 7.28. The number of carbonyl (C=O) groups is 1. The molecule has 1 aromatic carbocycles. The summed E-state index contributed by atoms with van der Waals surface area (Å²) in [4.78, 5) is 15.4. The minimum Gasteiger partial charge on any atom is -0.472 e. The molecule has 0 atom stereocenters. The summed E-state index contributed by atoms with van der Waals surface area (Å²) in [6.45, 7) is 0.696. The molecule has 5 nitrogen and oxygen atoms in total. The lowest BCUT2D eigenvalue weighted by atomic mass is 10.1. The Morgan fingerprint density at radius 1 is 1.25 bits per heavy atom. The van der Waals surface area contributed by atoms with Crippen LogP contribution in [-0.2, 0) is 6.54 Å². The predicted octanol–water partition coefficient (Wildman–Crippen LogP) is 2.20. The molecule has 0 bridgehead atoms. The van der Waals surface area contributed by atoms with E-state index in [2.05, 4.69) is 0 Å². The van der Waals surface area contributed by atoms with Crippen molar-refractivity contribution < 1.29 is 9.21 Å². The van der Waals surface area contributed by atoms with Gasteiger partial charge in [-0.05, 0) is 24.3 Å². The fourth-order valence-corrected chi connectivity index (χ4v) is 2.04. The molecule has 0 spiro atoms. The molecule has 0 fully saturated rings. The van der Waals surface area contributed by atoms with E-state index in [1.54, 1.807) is 38.8 Å². The van der Waals surface area contributed by atoms with Gasteiger partial charge in [0.2, 0.25) is 0 Å². The number of anilines is 2. The zero-order chi connectivity index (χ0) is 14.7. The molecule has 20 heavy (non-hydrogen) atoms. The van der Waals surface area contributed by atoms with Crippen LogP contribution >= 0.6 is 0 Å². The third kappa shape index (κ3) is 2.93. The number of nitrogens with two attached hydrogens (primary N) is 1. The summed E-state index contributed by atoms with van der Waals surface area (Å²) in [6.07, 6.45) is 3.35. The topological polar surface area (TPSA) is 62.7 Å². The molecular weight excluding hydrogens is 254 g/mol. The Balaban J connectivity index is 2.19. The van der Waals surface area contributed by atoms with Crippen LogP contribution in [0.1, 0.15) is 15.9 Å². The van der Waals surface area contributed by atoms with E-state index in [1.165, 1.54) is 4.90 Å². The first-order valence-corrected chi connectivity index (χ1v) is 6.32. The maximum Gasteiger partial charge on any atom is 0.253 e. The third-order valence-corrected chi connectivity index (χ3v) is 3.09. The van der Waals surface area contributed by atoms with Crippen LogP contribution in [0.2, 0.25) is 0 Å². The minimum atomic E-state index is -0.0549. The lowest BCUT2D eigenvalue weighted by Crippen LogP contribution is -2.22. The molecule has 1 amide bonds. The van der Waals surface area contributed by atoms with Gasteiger partial charge in [-0.3, -0.25) is 4.79 Å². The zero-order valence-corrected chi connectivity index (χ0v) is 12.0. The van der Waals surface area contributed by atoms with E-state index in [0.717, 1.165) is 11.3 Å². The van der Waals surface area contributed by atoms with Crippen LogP contribution in [0.3, 0.4) is 0 Å². The number of amides is 1. The van der Waals surface area contributed by atoms with Gasteiger partial charge in [0.15, 0.2) is 0 Å². The van der Waals surface area contributed by atoms with Gasteiger partial charge in [0.05, 0.1) is 23.9 Å². The van der Waals surface area contributed by atoms with E-state index in [4.69, 9.17) is 10.2 Å². The fourth-order valence-electron chi connectivity index (χ4n) is 2.04. The van der Waals surface area contributed by atoms with Crippen molar-refractivity contribution in [1.82, 2.24) is 4.90 Å². The smallest absolute Gasteiger partial charge is 0.253 e. The Hall–Kier alpha value is -2.43. The number of carbonyl (C=O) groups excluding carboxylic acids is 1. The highest BCUT2D eigenvalue weighted by atomic mass is 16.3. The maximum absolute atomic E-state index is 11.9. The monoisotopic (exact) mass is 273 g/mol. The highest BCUT2D eigenvalue weighted by molar-refractivity contribution is 5.95. The summed E-state index contributed by atoms with van der Waals surface area (Å²) in [5.74, 6) is -0.0549. The van der Waals surface area contributed by atoms with Gasteiger partial charge in [-0.15, -0.1) is 0 Å². The van der Waals surface area contributed by atoms with Crippen molar-refractivity contribution in [2.24, 2.45) is 0 Å². The quantitative estimate of drug-likeness (QED) is 0.867. The van der Waals surface area contributed by atoms with Crippen molar-refractivity contribution in [2.45, 2.75) is 6.54 Å². The van der Waals surface area contributed by atoms with E-state index in [-0.39, 0.29) is 5.91 Å². The molecule has 0 radical (unpaired) electrons. The van der Waals surface area contributed by atoms with Crippen molar-refractivity contribution in [1.29, 1.82) is 0 Å². The zero-order valence-electron chi connectivity index (χ0n) is 12.0. The van der Waals surface area contributed by atoms with Crippen LogP contribution in [0.4, 0.5) is 11.4 Å². The SMILES string of the molecule is CN(C)C(=O)c1ccc(N(C)Cc2ccoc2)c(N)c1. The number of nitrogens with zero attached hydrogens (tertiary/aromatic N) is 2. The molecule has 0 saturated heterocycles. The van der Waals surface area contributed by atoms with Crippen molar-refractivity contribution in [3.8, 4) is 0 Å². The van der Waals surface area contributed by atoms with E-state index < -0.39 is 0 Å². The highest BCUT2D eigenvalue weighted by Gasteiger charge is 2.12. The molecule has 2 rings (SSSR count). The molecule has 2 N–H and O–H groups in total. The summed E-state index contributed by atoms with van der Waals surface area (Å²) >= 11 is 0. The van der Waals surface area contributed by atoms with Gasteiger partial charge >= 0.3 is 0 Å². The van der Waals surface area contributed by atoms with Gasteiger partial charge < -0.3 is 20.0 Å². The van der Waals surface area contributed by atoms with Gasteiger partial charge in [-0.25, -0.2) is 0 Å². The summed E-state index contributed by atoms with van der Waals surface area (Å²) < 4.78 is 5.05. The van der Waals surface area contributed by atoms with Crippen molar-refractivity contribution in [3.63, 3.8) is 0 Å². The van der Waals surface area contributed by atoms with E-state index in [1.807, 2.05) is 24.1 Å². The van der Waals surface area contributed by atoms with Gasteiger partial charge in [0.25, 0.3) is 5.91 Å². The Morgan fingerprint density at radius 2 is 2.00 bits per heavy atom. The van der Waals surface area contributed by atoms with Gasteiger partial charge in [-0.2, -0.15) is 0 Å². The second kappa shape index (κ2) is 5.69. The number of nitrogen functional groups attached to an aromatic ring is 1. The van der Waals surface area contributed by atoms with Gasteiger partial charge in [-0.1, -0.05) is 0 Å². The minimum absolute atomic E-state index is 0.0549. The molecule has 0 unspecified atom stereocenters. The van der Waals surface area contributed by atoms with Crippen LogP contribution in [0.25, 0.3) is 0 Å². The van der Waals surface area contributed by atoms with E-state index in [0.29, 0.717) is 17.8 Å². The fraction of sp³-hybridized carbons (Fsp3) is 0.267. The second-order valence-electron chi connectivity index (χ2n) is 4.96. The summed E-state index contributed by atoms with van der Waals surface area (Å²) in [7, 11) is 5.39. The Morgan fingerprint density at radius 3 is 2.55 bits per heavy atom. The van der Waals surface area contributed by atoms with Crippen LogP contribution in [0.15, 0.2) is 41.2 Å². The molecule has 0 saturated carbocycles. The van der Waals surface area contributed by atoms with Crippen LogP contribution < -0.4 is 10.6 Å². The van der Waals surface area contributed by atoms with Crippen LogP contribution in [0, 0.1) is 0 Å². The normalized spacial score (nSPS) is 10.3. The average molecular weight is 273 g/mol. The van der Waals surface area contributed by atoms with Crippen molar-refractivity contribution in [3.05, 3.63) is 47.9 Å². The number of benzene rings is 1. The predicted molar refractivity (Wildman–Crippen MR) is 79.7 cm³/mol. The third-order valence-electron chi connectivity index (χ3n) is 3.09.